The topological polar surface area (TPSA) is 54.7 Å². The van der Waals surface area contributed by atoms with E-state index in [9.17, 15) is 4.39 Å². The van der Waals surface area contributed by atoms with E-state index in [0.29, 0.717) is 21.5 Å². The van der Waals surface area contributed by atoms with Gasteiger partial charge in [-0.1, -0.05) is 30.3 Å². The van der Waals surface area contributed by atoms with Gasteiger partial charge in [0, 0.05) is 5.56 Å². The summed E-state index contributed by atoms with van der Waals surface area (Å²) in [5, 5.41) is 6.90. The summed E-state index contributed by atoms with van der Waals surface area (Å²) < 4.78 is 14.8. The fourth-order valence-corrected chi connectivity index (χ4v) is 2.74. The molecule has 0 fully saturated rings. The molecule has 0 radical (unpaired) electrons. The number of aryl methyl sites for hydroxylation is 1. The predicted octanol–water partition coefficient (Wildman–Crippen LogP) is 4.54. The molecule has 3 nitrogen and oxygen atoms in total. The van der Waals surface area contributed by atoms with Crippen LogP contribution in [0.25, 0.3) is 22.4 Å². The Morgan fingerprint density at radius 1 is 1.10 bits per heavy atom. The molecule has 0 amide bonds. The van der Waals surface area contributed by atoms with E-state index in [-0.39, 0.29) is 5.82 Å². The number of H-pyrrole nitrogens is 1. The van der Waals surface area contributed by atoms with Crippen molar-refractivity contribution >= 4 is 21.7 Å². The van der Waals surface area contributed by atoms with Crippen molar-refractivity contribution in [2.75, 3.05) is 5.73 Å². The van der Waals surface area contributed by atoms with Crippen LogP contribution in [0.2, 0.25) is 0 Å². The van der Waals surface area contributed by atoms with Crippen LogP contribution in [0.15, 0.2) is 46.9 Å². The van der Waals surface area contributed by atoms with Crippen molar-refractivity contribution in [3.63, 3.8) is 0 Å². The molecule has 0 atom stereocenters. The van der Waals surface area contributed by atoms with Crippen LogP contribution >= 0.6 is 15.9 Å². The van der Waals surface area contributed by atoms with E-state index >= 15 is 0 Å². The van der Waals surface area contributed by atoms with Crippen LogP contribution < -0.4 is 5.73 Å². The Morgan fingerprint density at radius 2 is 1.81 bits per heavy atom. The molecule has 0 saturated heterocycles. The molecule has 1 aromatic heterocycles. The van der Waals surface area contributed by atoms with Crippen LogP contribution in [0, 0.1) is 12.7 Å². The van der Waals surface area contributed by atoms with Gasteiger partial charge in [0.2, 0.25) is 0 Å². The zero-order chi connectivity index (χ0) is 15.0. The SMILES string of the molecule is Cc1ccccc1-c1c(N)n[nH]c1-c1cccc(Br)c1F. The van der Waals surface area contributed by atoms with Crippen molar-refractivity contribution in [2.45, 2.75) is 6.92 Å². The van der Waals surface area contributed by atoms with Gasteiger partial charge in [0.15, 0.2) is 5.82 Å². The summed E-state index contributed by atoms with van der Waals surface area (Å²) in [6.45, 7) is 1.99. The van der Waals surface area contributed by atoms with Crippen molar-refractivity contribution in [1.29, 1.82) is 0 Å². The van der Waals surface area contributed by atoms with Crippen molar-refractivity contribution in [3.05, 3.63) is 58.3 Å². The number of halogens is 2. The van der Waals surface area contributed by atoms with Gasteiger partial charge < -0.3 is 5.73 Å². The van der Waals surface area contributed by atoms with Gasteiger partial charge >= 0.3 is 0 Å². The average Bonchev–Trinajstić information content (AvgIpc) is 2.84. The molecule has 0 unspecified atom stereocenters. The normalized spacial score (nSPS) is 10.8. The Balaban J connectivity index is 2.28. The Morgan fingerprint density at radius 3 is 2.57 bits per heavy atom. The van der Waals surface area contributed by atoms with Gasteiger partial charge in [-0.05, 0) is 46.1 Å². The van der Waals surface area contributed by atoms with E-state index in [1.807, 2.05) is 31.2 Å². The maximum Gasteiger partial charge on any atom is 0.153 e. The standard InChI is InChI=1S/C16H13BrFN3/c1-9-5-2-3-6-10(9)13-15(20-21-16(13)19)11-7-4-8-12(17)14(11)18/h2-8H,1H3,(H3,19,20,21). The first-order valence-electron chi connectivity index (χ1n) is 6.44. The third-order valence-corrected chi connectivity index (χ3v) is 4.04. The lowest BCUT2D eigenvalue weighted by Crippen LogP contribution is -1.92. The summed E-state index contributed by atoms with van der Waals surface area (Å²) in [6, 6.07) is 13.0. The minimum atomic E-state index is -0.337. The molecule has 0 bridgehead atoms. The highest BCUT2D eigenvalue weighted by atomic mass is 79.9. The van der Waals surface area contributed by atoms with Crippen LogP contribution in [0.5, 0.6) is 0 Å². The number of aromatic nitrogens is 2. The van der Waals surface area contributed by atoms with E-state index in [1.165, 1.54) is 0 Å². The van der Waals surface area contributed by atoms with Crippen LogP contribution in [0.4, 0.5) is 10.2 Å². The van der Waals surface area contributed by atoms with Gasteiger partial charge in [0.05, 0.1) is 15.7 Å². The molecule has 0 saturated carbocycles. The summed E-state index contributed by atoms with van der Waals surface area (Å²) in [5.41, 5.74) is 9.74. The third kappa shape index (κ3) is 2.34. The quantitative estimate of drug-likeness (QED) is 0.716. The number of rotatable bonds is 2. The number of nitrogens with zero attached hydrogens (tertiary/aromatic N) is 1. The van der Waals surface area contributed by atoms with Gasteiger partial charge in [-0.2, -0.15) is 5.10 Å². The summed E-state index contributed by atoms with van der Waals surface area (Å²) in [5.74, 6) is 0.0228. The van der Waals surface area contributed by atoms with Gasteiger partial charge in [0.1, 0.15) is 5.82 Å². The second-order valence-electron chi connectivity index (χ2n) is 4.78. The lowest BCUT2D eigenvalue weighted by Gasteiger charge is -2.09. The van der Waals surface area contributed by atoms with Crippen LogP contribution in [0.3, 0.4) is 0 Å². The molecule has 3 N–H and O–H groups in total. The molecule has 3 rings (SSSR count). The Kier molecular flexibility index (Phi) is 3.51. The molecule has 5 heteroatoms. The van der Waals surface area contributed by atoms with Crippen molar-refractivity contribution in [3.8, 4) is 22.4 Å². The summed E-state index contributed by atoms with van der Waals surface area (Å²) in [7, 11) is 0. The number of hydrogen-bond donors (Lipinski definition) is 2. The Labute approximate surface area is 130 Å². The minimum absolute atomic E-state index is 0.337. The fourth-order valence-electron chi connectivity index (χ4n) is 2.37. The number of hydrogen-bond acceptors (Lipinski definition) is 2. The van der Waals surface area contributed by atoms with E-state index in [2.05, 4.69) is 26.1 Å². The first-order chi connectivity index (χ1) is 10.1. The van der Waals surface area contributed by atoms with E-state index < -0.39 is 0 Å². The summed E-state index contributed by atoms with van der Waals surface area (Å²) in [6.07, 6.45) is 0. The number of aromatic amines is 1. The molecule has 0 aliphatic carbocycles. The molecule has 0 spiro atoms. The largest absolute Gasteiger partial charge is 0.382 e. The molecule has 21 heavy (non-hydrogen) atoms. The molecule has 0 aliphatic heterocycles. The third-order valence-electron chi connectivity index (χ3n) is 3.43. The second-order valence-corrected chi connectivity index (χ2v) is 5.63. The van der Waals surface area contributed by atoms with Gasteiger partial charge in [-0.15, -0.1) is 0 Å². The van der Waals surface area contributed by atoms with E-state index in [0.717, 1.165) is 16.7 Å². The van der Waals surface area contributed by atoms with Crippen molar-refractivity contribution in [1.82, 2.24) is 10.2 Å². The van der Waals surface area contributed by atoms with Crippen LogP contribution in [-0.4, -0.2) is 10.2 Å². The number of nitrogens with two attached hydrogens (primary N) is 1. The molecule has 106 valence electrons. The fraction of sp³-hybridized carbons (Fsp3) is 0.0625. The highest BCUT2D eigenvalue weighted by Crippen LogP contribution is 2.38. The first-order valence-corrected chi connectivity index (χ1v) is 7.23. The van der Waals surface area contributed by atoms with Gasteiger partial charge in [-0.25, -0.2) is 4.39 Å². The molecule has 1 heterocycles. The van der Waals surface area contributed by atoms with Crippen molar-refractivity contribution < 1.29 is 4.39 Å². The molecular formula is C16H13BrFN3. The lowest BCUT2D eigenvalue weighted by atomic mass is 9.97. The van der Waals surface area contributed by atoms with Gasteiger partial charge in [-0.3, -0.25) is 5.10 Å². The Bertz CT molecular complexity index is 811. The monoisotopic (exact) mass is 345 g/mol. The minimum Gasteiger partial charge on any atom is -0.382 e. The number of nitrogen functional groups attached to an aromatic ring is 1. The molecule has 2 aromatic carbocycles. The van der Waals surface area contributed by atoms with Crippen LogP contribution in [-0.2, 0) is 0 Å². The van der Waals surface area contributed by atoms with E-state index in [4.69, 9.17) is 5.73 Å². The zero-order valence-electron chi connectivity index (χ0n) is 11.3. The molecular weight excluding hydrogens is 333 g/mol. The van der Waals surface area contributed by atoms with Crippen molar-refractivity contribution in [2.24, 2.45) is 0 Å². The van der Waals surface area contributed by atoms with E-state index in [1.54, 1.807) is 18.2 Å². The maximum atomic E-state index is 14.4. The highest BCUT2D eigenvalue weighted by Gasteiger charge is 2.19. The number of anilines is 1. The smallest absolute Gasteiger partial charge is 0.153 e. The average molecular weight is 346 g/mol. The maximum absolute atomic E-state index is 14.4. The number of benzene rings is 2. The Hall–Kier alpha value is -2.14. The molecule has 3 aromatic rings. The number of nitrogens with one attached hydrogen (secondary N) is 1. The zero-order valence-corrected chi connectivity index (χ0v) is 12.9. The van der Waals surface area contributed by atoms with Crippen LogP contribution in [0.1, 0.15) is 5.56 Å². The molecule has 0 aliphatic rings. The lowest BCUT2D eigenvalue weighted by molar-refractivity contribution is 0.624. The first kappa shape index (κ1) is 13.8. The highest BCUT2D eigenvalue weighted by molar-refractivity contribution is 9.10. The second kappa shape index (κ2) is 5.33. The van der Waals surface area contributed by atoms with Gasteiger partial charge in [0.25, 0.3) is 0 Å². The summed E-state index contributed by atoms with van der Waals surface area (Å²) in [4.78, 5) is 0. The predicted molar refractivity (Wildman–Crippen MR) is 86.3 cm³/mol. The summed E-state index contributed by atoms with van der Waals surface area (Å²) >= 11 is 3.20.